The van der Waals surface area contributed by atoms with Crippen LogP contribution < -0.4 is 10.1 Å². The Morgan fingerprint density at radius 1 is 1.24 bits per heavy atom. The molecule has 1 aromatic heterocycles. The largest absolute Gasteiger partial charge is 0.492 e. The second-order valence-corrected chi connectivity index (χ2v) is 9.45. The third-order valence-electron chi connectivity index (χ3n) is 5.71. The van der Waals surface area contributed by atoms with Crippen molar-refractivity contribution in [3.8, 4) is 16.3 Å². The van der Waals surface area contributed by atoms with E-state index in [1.54, 1.807) is 6.20 Å². The number of amides is 1. The highest BCUT2D eigenvalue weighted by atomic mass is 35.5. The minimum atomic E-state index is -0.157. The molecule has 1 aliphatic rings. The van der Waals surface area contributed by atoms with Crippen molar-refractivity contribution in [2.45, 2.75) is 25.4 Å². The zero-order valence-corrected chi connectivity index (χ0v) is 20.2. The number of thiazole rings is 1. The maximum atomic E-state index is 12.6. The van der Waals surface area contributed by atoms with E-state index in [-0.39, 0.29) is 5.91 Å². The molecule has 0 bridgehead atoms. The summed E-state index contributed by atoms with van der Waals surface area (Å²) in [6, 6.07) is 15.9. The van der Waals surface area contributed by atoms with Gasteiger partial charge >= 0.3 is 0 Å². The van der Waals surface area contributed by atoms with Crippen molar-refractivity contribution >= 4 is 28.8 Å². The lowest BCUT2D eigenvalue weighted by atomic mass is 10.1. The quantitative estimate of drug-likeness (QED) is 0.468. The molecule has 1 N–H and O–H groups in total. The molecule has 174 valence electrons. The van der Waals surface area contributed by atoms with Gasteiger partial charge in [0, 0.05) is 37.9 Å². The summed E-state index contributed by atoms with van der Waals surface area (Å²) in [6.45, 7) is 3.58. The Balaban J connectivity index is 1.26. The molecule has 1 saturated heterocycles. The molecule has 2 heterocycles. The Morgan fingerprint density at radius 3 is 2.88 bits per heavy atom. The Labute approximate surface area is 203 Å². The fourth-order valence-corrected chi connectivity index (χ4v) is 4.92. The zero-order valence-electron chi connectivity index (χ0n) is 18.6. The van der Waals surface area contributed by atoms with Crippen molar-refractivity contribution in [1.29, 1.82) is 0 Å². The van der Waals surface area contributed by atoms with Gasteiger partial charge in [-0.05, 0) is 43.7 Å². The zero-order chi connectivity index (χ0) is 23.0. The molecule has 0 spiro atoms. The Hall–Kier alpha value is -2.45. The Kier molecular flexibility index (Phi) is 8.34. The molecule has 0 unspecified atom stereocenters. The SMILES string of the molecule is CN(CCOc1cccc(CNC(=O)c2cnc(-c3ccccc3Cl)s2)c1)C1CCOCC1. The van der Waals surface area contributed by atoms with Crippen LogP contribution in [0.2, 0.25) is 5.02 Å². The van der Waals surface area contributed by atoms with Crippen LogP contribution in [-0.4, -0.2) is 55.2 Å². The van der Waals surface area contributed by atoms with E-state index in [0.717, 1.165) is 54.5 Å². The number of nitrogens with one attached hydrogen (secondary N) is 1. The van der Waals surface area contributed by atoms with E-state index in [2.05, 4.69) is 22.2 Å². The third kappa shape index (κ3) is 6.54. The number of likely N-dealkylation sites (N-methyl/N-ethyl adjacent to an activating group) is 1. The van der Waals surface area contributed by atoms with Crippen LogP contribution in [0.15, 0.2) is 54.7 Å². The number of rotatable bonds is 9. The lowest BCUT2D eigenvalue weighted by molar-refractivity contribution is 0.0392. The molecule has 0 atom stereocenters. The van der Waals surface area contributed by atoms with Gasteiger partial charge in [-0.3, -0.25) is 9.69 Å². The second-order valence-electron chi connectivity index (χ2n) is 8.01. The maximum Gasteiger partial charge on any atom is 0.263 e. The first-order valence-electron chi connectivity index (χ1n) is 11.1. The van der Waals surface area contributed by atoms with Gasteiger partial charge in [-0.15, -0.1) is 11.3 Å². The normalized spacial score (nSPS) is 14.4. The van der Waals surface area contributed by atoms with Gasteiger partial charge in [-0.2, -0.15) is 0 Å². The van der Waals surface area contributed by atoms with Crippen LogP contribution in [0.3, 0.4) is 0 Å². The number of nitrogens with zero attached hydrogens (tertiary/aromatic N) is 2. The van der Waals surface area contributed by atoms with Crippen molar-refractivity contribution in [3.63, 3.8) is 0 Å². The lowest BCUT2D eigenvalue weighted by Gasteiger charge is -2.31. The van der Waals surface area contributed by atoms with Crippen LogP contribution in [0, 0.1) is 0 Å². The first kappa shape index (κ1) is 23.7. The monoisotopic (exact) mass is 485 g/mol. The topological polar surface area (TPSA) is 63.7 Å². The average Bonchev–Trinajstić information content (AvgIpc) is 3.34. The number of carbonyl (C=O) groups excluding carboxylic acids is 1. The van der Waals surface area contributed by atoms with Gasteiger partial charge < -0.3 is 14.8 Å². The average molecular weight is 486 g/mol. The summed E-state index contributed by atoms with van der Waals surface area (Å²) in [4.78, 5) is 19.9. The predicted octanol–water partition coefficient (Wildman–Crippen LogP) is 4.88. The number of halogens is 1. The van der Waals surface area contributed by atoms with Crippen molar-refractivity contribution in [2.24, 2.45) is 0 Å². The van der Waals surface area contributed by atoms with E-state index in [9.17, 15) is 4.79 Å². The number of hydrogen-bond donors (Lipinski definition) is 1. The number of benzene rings is 2. The number of ether oxygens (including phenoxy) is 2. The number of hydrogen-bond acceptors (Lipinski definition) is 6. The van der Waals surface area contributed by atoms with E-state index in [1.165, 1.54) is 11.3 Å². The van der Waals surface area contributed by atoms with Gasteiger partial charge in [0.1, 0.15) is 22.2 Å². The van der Waals surface area contributed by atoms with Gasteiger partial charge in [0.15, 0.2) is 0 Å². The van der Waals surface area contributed by atoms with E-state index >= 15 is 0 Å². The van der Waals surface area contributed by atoms with Crippen LogP contribution in [0.1, 0.15) is 28.1 Å². The highest BCUT2D eigenvalue weighted by Crippen LogP contribution is 2.30. The van der Waals surface area contributed by atoms with Crippen LogP contribution in [-0.2, 0) is 11.3 Å². The highest BCUT2D eigenvalue weighted by molar-refractivity contribution is 7.17. The highest BCUT2D eigenvalue weighted by Gasteiger charge is 2.18. The summed E-state index contributed by atoms with van der Waals surface area (Å²) in [5, 5.41) is 4.31. The number of carbonyl (C=O) groups is 1. The molecule has 6 nitrogen and oxygen atoms in total. The predicted molar refractivity (Wildman–Crippen MR) is 132 cm³/mol. The summed E-state index contributed by atoms with van der Waals surface area (Å²) in [6.07, 6.45) is 3.74. The molecule has 1 fully saturated rings. The maximum absolute atomic E-state index is 12.6. The smallest absolute Gasteiger partial charge is 0.263 e. The third-order valence-corrected chi connectivity index (χ3v) is 7.07. The first-order chi connectivity index (χ1) is 16.1. The fraction of sp³-hybridized carbons (Fsp3) is 0.360. The summed E-state index contributed by atoms with van der Waals surface area (Å²) in [5.74, 6) is 0.649. The molecule has 33 heavy (non-hydrogen) atoms. The summed E-state index contributed by atoms with van der Waals surface area (Å²) >= 11 is 7.57. The molecule has 0 aliphatic carbocycles. The molecular formula is C25H28ClN3O3S. The van der Waals surface area contributed by atoms with E-state index in [4.69, 9.17) is 21.1 Å². The molecule has 1 aliphatic heterocycles. The minimum Gasteiger partial charge on any atom is -0.492 e. The van der Waals surface area contributed by atoms with Crippen LogP contribution in [0.25, 0.3) is 10.6 Å². The first-order valence-corrected chi connectivity index (χ1v) is 12.3. The molecule has 0 radical (unpaired) electrons. The van der Waals surface area contributed by atoms with Crippen molar-refractivity contribution in [1.82, 2.24) is 15.2 Å². The van der Waals surface area contributed by atoms with E-state index < -0.39 is 0 Å². The second kappa shape index (κ2) is 11.6. The van der Waals surface area contributed by atoms with E-state index in [0.29, 0.717) is 29.1 Å². The van der Waals surface area contributed by atoms with E-state index in [1.807, 2.05) is 48.5 Å². The summed E-state index contributed by atoms with van der Waals surface area (Å²) < 4.78 is 11.4. The molecule has 2 aromatic carbocycles. The molecule has 0 saturated carbocycles. The van der Waals surface area contributed by atoms with Gasteiger partial charge in [0.25, 0.3) is 5.91 Å². The van der Waals surface area contributed by atoms with Crippen molar-refractivity contribution < 1.29 is 14.3 Å². The van der Waals surface area contributed by atoms with Crippen molar-refractivity contribution in [3.05, 3.63) is 70.2 Å². The van der Waals surface area contributed by atoms with Gasteiger partial charge in [-0.25, -0.2) is 4.98 Å². The van der Waals surface area contributed by atoms with Crippen LogP contribution in [0.4, 0.5) is 0 Å². The fourth-order valence-electron chi connectivity index (χ4n) is 3.77. The van der Waals surface area contributed by atoms with Gasteiger partial charge in [0.05, 0.1) is 11.2 Å². The van der Waals surface area contributed by atoms with Crippen LogP contribution in [0.5, 0.6) is 5.75 Å². The Morgan fingerprint density at radius 2 is 2.06 bits per heavy atom. The van der Waals surface area contributed by atoms with Gasteiger partial charge in [-0.1, -0.05) is 41.9 Å². The number of aromatic nitrogens is 1. The standard InChI is InChI=1S/C25H28ClN3O3S/c1-29(19-9-12-31-13-10-19)11-14-32-20-6-4-5-18(15-20)16-27-24(30)23-17-28-25(33-23)21-7-2-3-8-22(21)26/h2-8,15,17,19H,9-14,16H2,1H3,(H,27,30). The molecular weight excluding hydrogens is 458 g/mol. The summed E-state index contributed by atoms with van der Waals surface area (Å²) in [5.41, 5.74) is 1.81. The molecule has 8 heteroatoms. The lowest BCUT2D eigenvalue weighted by Crippen LogP contribution is -2.38. The van der Waals surface area contributed by atoms with Crippen LogP contribution >= 0.6 is 22.9 Å². The Bertz CT molecular complexity index is 1070. The molecule has 3 aromatic rings. The van der Waals surface area contributed by atoms with Crippen molar-refractivity contribution in [2.75, 3.05) is 33.4 Å². The molecule has 1 amide bonds. The molecule has 4 rings (SSSR count). The summed E-state index contributed by atoms with van der Waals surface area (Å²) in [7, 11) is 2.14. The van der Waals surface area contributed by atoms with Gasteiger partial charge in [0.2, 0.25) is 0 Å². The minimum absolute atomic E-state index is 0.157.